The smallest absolute Gasteiger partial charge is 0.273 e. The van der Waals surface area contributed by atoms with Gasteiger partial charge in [0.15, 0.2) is 0 Å². The first-order valence-corrected chi connectivity index (χ1v) is 7.31. The van der Waals surface area contributed by atoms with Crippen LogP contribution in [-0.4, -0.2) is 36.0 Å². The van der Waals surface area contributed by atoms with Crippen LogP contribution in [0.1, 0.15) is 19.4 Å². The zero-order valence-electron chi connectivity index (χ0n) is 11.7. The van der Waals surface area contributed by atoms with E-state index in [-0.39, 0.29) is 29.9 Å². The number of benzene rings is 1. The zero-order chi connectivity index (χ0) is 15.6. The van der Waals surface area contributed by atoms with Crippen LogP contribution in [0.5, 0.6) is 0 Å². The van der Waals surface area contributed by atoms with Crippen molar-refractivity contribution in [3.8, 4) is 0 Å². The van der Waals surface area contributed by atoms with Gasteiger partial charge in [-0.15, -0.1) is 0 Å². The minimum absolute atomic E-state index is 0.0389. The molecule has 0 atom stereocenters. The van der Waals surface area contributed by atoms with Crippen molar-refractivity contribution in [1.29, 1.82) is 0 Å². The maximum absolute atomic E-state index is 12.4. The van der Waals surface area contributed by atoms with Crippen LogP contribution in [0.3, 0.4) is 0 Å². The molecule has 1 aliphatic heterocycles. The molecule has 1 aromatic rings. The van der Waals surface area contributed by atoms with Crippen LogP contribution >= 0.6 is 23.2 Å². The van der Waals surface area contributed by atoms with E-state index in [4.69, 9.17) is 27.9 Å². The monoisotopic (exact) mass is 327 g/mol. The number of hydrogen-bond donors (Lipinski definition) is 0. The van der Waals surface area contributed by atoms with Crippen molar-refractivity contribution in [2.75, 3.05) is 13.2 Å². The summed E-state index contributed by atoms with van der Waals surface area (Å²) in [4.78, 5) is 25.5. The molecule has 1 aromatic carbocycles. The van der Waals surface area contributed by atoms with Gasteiger partial charge in [0.25, 0.3) is 11.8 Å². The summed E-state index contributed by atoms with van der Waals surface area (Å²) in [6, 6.07) is 6.63. The molecule has 0 unspecified atom stereocenters. The third kappa shape index (κ3) is 3.46. The molecule has 2 rings (SSSR count). The van der Waals surface area contributed by atoms with Crippen LogP contribution in [0.15, 0.2) is 29.3 Å². The van der Waals surface area contributed by atoms with Gasteiger partial charge >= 0.3 is 0 Å². The SMILES string of the molecule is CC(C)OCCN1C(=O)C(Cl)=C(c2ccc(Cl)cc2)C1=O. The molecule has 1 heterocycles. The second-order valence-corrected chi connectivity index (χ2v) is 5.69. The Kier molecular flexibility index (Phi) is 5.04. The Morgan fingerprint density at radius 3 is 2.29 bits per heavy atom. The van der Waals surface area contributed by atoms with Crippen molar-refractivity contribution in [2.24, 2.45) is 0 Å². The van der Waals surface area contributed by atoms with Crippen molar-refractivity contribution in [2.45, 2.75) is 20.0 Å². The van der Waals surface area contributed by atoms with Crippen molar-refractivity contribution in [3.05, 3.63) is 39.9 Å². The lowest BCUT2D eigenvalue weighted by atomic mass is 10.1. The molecule has 0 aromatic heterocycles. The van der Waals surface area contributed by atoms with Gasteiger partial charge in [0.2, 0.25) is 0 Å². The Bertz CT molecular complexity index is 593. The molecule has 0 fully saturated rings. The first kappa shape index (κ1) is 16.0. The Morgan fingerprint density at radius 1 is 1.10 bits per heavy atom. The molecule has 0 bridgehead atoms. The van der Waals surface area contributed by atoms with Gasteiger partial charge in [-0.3, -0.25) is 14.5 Å². The highest BCUT2D eigenvalue weighted by Gasteiger charge is 2.37. The van der Waals surface area contributed by atoms with Crippen molar-refractivity contribution in [1.82, 2.24) is 4.90 Å². The molecular formula is C15H15Cl2NO3. The quantitative estimate of drug-likeness (QED) is 0.781. The molecule has 6 heteroatoms. The molecule has 4 nitrogen and oxygen atoms in total. The molecule has 0 N–H and O–H groups in total. The number of nitrogens with zero attached hydrogens (tertiary/aromatic N) is 1. The first-order valence-electron chi connectivity index (χ1n) is 6.55. The average Bonchev–Trinajstić information content (AvgIpc) is 2.64. The van der Waals surface area contributed by atoms with E-state index in [9.17, 15) is 9.59 Å². The molecule has 0 spiro atoms. The van der Waals surface area contributed by atoms with E-state index >= 15 is 0 Å². The fourth-order valence-electron chi connectivity index (χ4n) is 2.00. The fourth-order valence-corrected chi connectivity index (χ4v) is 2.41. The maximum atomic E-state index is 12.4. The van der Waals surface area contributed by atoms with Gasteiger partial charge in [0, 0.05) is 5.02 Å². The molecular weight excluding hydrogens is 313 g/mol. The molecule has 0 aliphatic carbocycles. The number of imide groups is 1. The second-order valence-electron chi connectivity index (χ2n) is 4.88. The Hall–Kier alpha value is -1.36. The minimum atomic E-state index is -0.487. The van der Waals surface area contributed by atoms with Crippen molar-refractivity contribution in [3.63, 3.8) is 0 Å². The highest BCUT2D eigenvalue weighted by molar-refractivity contribution is 6.55. The van der Waals surface area contributed by atoms with Crippen LogP contribution in [0.25, 0.3) is 5.57 Å². The fraction of sp³-hybridized carbons (Fsp3) is 0.333. The van der Waals surface area contributed by atoms with Crippen molar-refractivity contribution < 1.29 is 14.3 Å². The van der Waals surface area contributed by atoms with Gasteiger partial charge in [-0.2, -0.15) is 0 Å². The molecule has 0 saturated carbocycles. The lowest BCUT2D eigenvalue weighted by molar-refractivity contribution is -0.137. The number of rotatable bonds is 5. The van der Waals surface area contributed by atoms with Gasteiger partial charge in [-0.1, -0.05) is 35.3 Å². The third-order valence-corrected chi connectivity index (χ3v) is 3.61. The number of carbonyl (C=O) groups excluding carboxylic acids is 2. The van der Waals surface area contributed by atoms with Crippen molar-refractivity contribution >= 4 is 40.6 Å². The van der Waals surface area contributed by atoms with E-state index < -0.39 is 11.8 Å². The number of carbonyl (C=O) groups is 2. The number of halogens is 2. The van der Waals surface area contributed by atoms with Crippen LogP contribution < -0.4 is 0 Å². The van der Waals surface area contributed by atoms with Crippen LogP contribution in [0.2, 0.25) is 5.02 Å². The summed E-state index contributed by atoms with van der Waals surface area (Å²) in [5.74, 6) is -0.890. The summed E-state index contributed by atoms with van der Waals surface area (Å²) >= 11 is 11.8. The van der Waals surface area contributed by atoms with E-state index in [1.54, 1.807) is 24.3 Å². The minimum Gasteiger partial charge on any atom is -0.377 e. The molecule has 0 saturated heterocycles. The summed E-state index contributed by atoms with van der Waals surface area (Å²) in [6.45, 7) is 4.24. The second kappa shape index (κ2) is 6.60. The summed E-state index contributed by atoms with van der Waals surface area (Å²) in [7, 11) is 0. The molecule has 112 valence electrons. The maximum Gasteiger partial charge on any atom is 0.273 e. The summed E-state index contributed by atoms with van der Waals surface area (Å²) in [6.07, 6.45) is 0.0389. The van der Waals surface area contributed by atoms with Gasteiger partial charge in [-0.25, -0.2) is 0 Å². The predicted octanol–water partition coefficient (Wildman–Crippen LogP) is 3.08. The predicted molar refractivity (Wildman–Crippen MR) is 82.0 cm³/mol. The van der Waals surface area contributed by atoms with Gasteiger partial charge in [-0.05, 0) is 31.5 Å². The lowest BCUT2D eigenvalue weighted by Crippen LogP contribution is -2.34. The molecule has 1 aliphatic rings. The van der Waals surface area contributed by atoms with Crippen LogP contribution in [0, 0.1) is 0 Å². The standard InChI is InChI=1S/C15H15Cl2NO3/c1-9(2)21-8-7-18-14(19)12(13(17)15(18)20)10-3-5-11(16)6-4-10/h3-6,9H,7-8H2,1-2H3. The van der Waals surface area contributed by atoms with E-state index in [2.05, 4.69) is 0 Å². The highest BCUT2D eigenvalue weighted by atomic mass is 35.5. The third-order valence-electron chi connectivity index (χ3n) is 3.01. The van der Waals surface area contributed by atoms with Crippen LogP contribution in [-0.2, 0) is 14.3 Å². The average molecular weight is 328 g/mol. The highest BCUT2D eigenvalue weighted by Crippen LogP contribution is 2.32. The first-order chi connectivity index (χ1) is 9.91. The molecule has 2 amide bonds. The van der Waals surface area contributed by atoms with Gasteiger partial charge < -0.3 is 4.74 Å². The molecule has 0 radical (unpaired) electrons. The Labute approximate surface area is 133 Å². The van der Waals surface area contributed by atoms with Crippen LogP contribution in [0.4, 0.5) is 0 Å². The lowest BCUT2D eigenvalue weighted by Gasteiger charge is -2.16. The largest absolute Gasteiger partial charge is 0.377 e. The normalized spacial score (nSPS) is 15.6. The van der Waals surface area contributed by atoms with Gasteiger partial charge in [0.1, 0.15) is 5.03 Å². The van der Waals surface area contributed by atoms with E-state index in [0.717, 1.165) is 4.90 Å². The molecule has 21 heavy (non-hydrogen) atoms. The summed E-state index contributed by atoms with van der Waals surface area (Å²) in [5.41, 5.74) is 0.790. The zero-order valence-corrected chi connectivity index (χ0v) is 13.2. The summed E-state index contributed by atoms with van der Waals surface area (Å²) < 4.78 is 5.37. The summed E-state index contributed by atoms with van der Waals surface area (Å²) in [5, 5.41) is 0.487. The number of hydrogen-bond acceptors (Lipinski definition) is 3. The van der Waals surface area contributed by atoms with E-state index in [0.29, 0.717) is 10.6 Å². The number of ether oxygens (including phenoxy) is 1. The van der Waals surface area contributed by atoms with Gasteiger partial charge in [0.05, 0.1) is 24.8 Å². The Morgan fingerprint density at radius 2 is 1.71 bits per heavy atom. The Balaban J connectivity index is 2.18. The number of amides is 2. The van der Waals surface area contributed by atoms with E-state index in [1.807, 2.05) is 13.8 Å². The topological polar surface area (TPSA) is 46.6 Å². The van der Waals surface area contributed by atoms with E-state index in [1.165, 1.54) is 0 Å².